The molecular weight excluding hydrogens is 531 g/mol. The lowest BCUT2D eigenvalue weighted by Gasteiger charge is -2.08. The van der Waals surface area contributed by atoms with Crippen LogP contribution in [0.2, 0.25) is 0 Å². The fourth-order valence-electron chi connectivity index (χ4n) is 5.60. The number of fused-ring (bicyclic) bond motifs is 10. The molecule has 0 aliphatic carbocycles. The van der Waals surface area contributed by atoms with Crippen LogP contribution in [-0.2, 0) is 0 Å². The molecule has 0 aliphatic heterocycles. The van der Waals surface area contributed by atoms with Gasteiger partial charge in [0.1, 0.15) is 11.2 Å². The molecule has 0 atom stereocenters. The van der Waals surface area contributed by atoms with Gasteiger partial charge < -0.3 is 8.98 Å². The second-order valence-corrected chi connectivity index (χ2v) is 9.75. The molecule has 0 saturated heterocycles. The van der Waals surface area contributed by atoms with Crippen molar-refractivity contribution in [2.45, 2.75) is 0 Å². The highest BCUT2D eigenvalue weighted by molar-refractivity contribution is 14.1. The summed E-state index contributed by atoms with van der Waals surface area (Å²) in [5.41, 5.74) is 7.90. The predicted octanol–water partition coefficient (Wildman–Crippen LogP) is 8.99. The average molecular weight is 548 g/mol. The molecule has 0 aliphatic rings. The zero-order valence-corrected chi connectivity index (χ0v) is 20.2. The van der Waals surface area contributed by atoms with Crippen LogP contribution in [-0.4, -0.2) is 7.35 Å². The van der Waals surface area contributed by atoms with Crippen molar-refractivity contribution in [3.05, 3.63) is 103 Å². The molecule has 0 N–H and O–H groups in total. The molecular formula is C30H17IN2O. The summed E-state index contributed by atoms with van der Waals surface area (Å²) < 4.78 is 10.8. The van der Waals surface area contributed by atoms with E-state index in [2.05, 4.69) is 121 Å². The van der Waals surface area contributed by atoms with E-state index < -0.39 is 0 Å². The van der Waals surface area contributed by atoms with E-state index in [-0.39, 0.29) is 0 Å². The van der Waals surface area contributed by atoms with E-state index in [0.717, 1.165) is 27.6 Å². The number of para-hydroxylation sites is 3. The van der Waals surface area contributed by atoms with E-state index >= 15 is 0 Å². The molecule has 5 aromatic carbocycles. The summed E-state index contributed by atoms with van der Waals surface area (Å²) in [6.07, 6.45) is 0. The van der Waals surface area contributed by atoms with Gasteiger partial charge in [-0.2, -0.15) is 0 Å². The van der Waals surface area contributed by atoms with Gasteiger partial charge >= 0.3 is 0 Å². The van der Waals surface area contributed by atoms with Crippen LogP contribution in [0.25, 0.3) is 71.2 Å². The Hall–Kier alpha value is -3.77. The first-order valence-corrected chi connectivity index (χ1v) is 12.3. The summed E-state index contributed by atoms with van der Waals surface area (Å²) in [4.78, 5) is 0. The van der Waals surface area contributed by atoms with Crippen molar-refractivity contribution < 1.29 is 4.42 Å². The Morgan fingerprint density at radius 3 is 1.97 bits per heavy atom. The Morgan fingerprint density at radius 2 is 1.12 bits per heavy atom. The largest absolute Gasteiger partial charge is 0.456 e. The Morgan fingerprint density at radius 1 is 0.500 bits per heavy atom. The SMILES string of the molecule is In1c2ccccc2c2c3c4ccccc4n(-c4ccc5oc6ccccc6c5c4)c3ccc21. The molecule has 0 fully saturated rings. The quantitative estimate of drug-likeness (QED) is 0.188. The van der Waals surface area contributed by atoms with Gasteiger partial charge in [0.25, 0.3) is 0 Å². The van der Waals surface area contributed by atoms with E-state index in [0.29, 0.717) is 0 Å². The van der Waals surface area contributed by atoms with Crippen LogP contribution < -0.4 is 0 Å². The Balaban J connectivity index is 1.56. The molecule has 160 valence electrons. The predicted molar refractivity (Wildman–Crippen MR) is 150 cm³/mol. The molecule has 3 heterocycles. The summed E-state index contributed by atoms with van der Waals surface area (Å²) in [7, 11) is 0. The summed E-state index contributed by atoms with van der Waals surface area (Å²) in [6, 6.07) is 36.7. The maximum absolute atomic E-state index is 6.10. The van der Waals surface area contributed by atoms with Gasteiger partial charge in [-0.3, -0.25) is 2.78 Å². The fourth-order valence-corrected chi connectivity index (χ4v) is 6.43. The molecule has 0 amide bonds. The highest BCUT2D eigenvalue weighted by atomic mass is 127. The number of aromatic nitrogens is 2. The first-order chi connectivity index (χ1) is 16.8. The van der Waals surface area contributed by atoms with Crippen molar-refractivity contribution in [1.82, 2.24) is 7.35 Å². The molecule has 8 rings (SSSR count). The number of halogens is 1. The van der Waals surface area contributed by atoms with Crippen molar-refractivity contribution in [2.24, 2.45) is 0 Å². The second kappa shape index (κ2) is 6.64. The van der Waals surface area contributed by atoms with Gasteiger partial charge in [-0.15, -0.1) is 0 Å². The van der Waals surface area contributed by atoms with Crippen LogP contribution in [0.3, 0.4) is 0 Å². The molecule has 0 bridgehead atoms. The Bertz CT molecular complexity index is 2090. The minimum Gasteiger partial charge on any atom is -0.456 e. The van der Waals surface area contributed by atoms with Crippen LogP contribution in [0, 0.1) is 0 Å². The van der Waals surface area contributed by atoms with Crippen molar-refractivity contribution >= 4 is 88.4 Å². The molecule has 0 saturated carbocycles. The van der Waals surface area contributed by atoms with Gasteiger partial charge in [0.2, 0.25) is 0 Å². The van der Waals surface area contributed by atoms with E-state index in [1.54, 1.807) is 0 Å². The first-order valence-electron chi connectivity index (χ1n) is 11.3. The maximum Gasteiger partial charge on any atom is 0.135 e. The van der Waals surface area contributed by atoms with Crippen molar-refractivity contribution in [1.29, 1.82) is 0 Å². The summed E-state index contributed by atoms with van der Waals surface area (Å²) >= 11 is 2.42. The van der Waals surface area contributed by atoms with Gasteiger partial charge in [0.15, 0.2) is 0 Å². The van der Waals surface area contributed by atoms with Crippen LogP contribution in [0.15, 0.2) is 108 Å². The number of nitrogens with zero attached hydrogens (tertiary/aromatic N) is 2. The highest BCUT2D eigenvalue weighted by Crippen LogP contribution is 2.42. The number of furan rings is 1. The Labute approximate surface area is 208 Å². The van der Waals surface area contributed by atoms with E-state index in [4.69, 9.17) is 4.42 Å². The van der Waals surface area contributed by atoms with Crippen molar-refractivity contribution in [3.8, 4) is 5.69 Å². The third kappa shape index (κ3) is 2.31. The molecule has 8 aromatic rings. The minimum absolute atomic E-state index is 0.918. The van der Waals surface area contributed by atoms with Crippen LogP contribution in [0.1, 0.15) is 0 Å². The summed E-state index contributed by atoms with van der Waals surface area (Å²) in [5, 5.41) is 7.47. The molecule has 4 heteroatoms. The third-order valence-corrected chi connectivity index (χ3v) is 8.07. The molecule has 34 heavy (non-hydrogen) atoms. The maximum atomic E-state index is 6.10. The zero-order chi connectivity index (χ0) is 22.4. The molecule has 0 unspecified atom stereocenters. The minimum atomic E-state index is 0.918. The summed E-state index contributed by atoms with van der Waals surface area (Å²) in [6.45, 7) is 0. The topological polar surface area (TPSA) is 23.0 Å². The van der Waals surface area contributed by atoms with E-state index in [1.165, 1.54) is 43.6 Å². The molecule has 0 spiro atoms. The third-order valence-electron chi connectivity index (χ3n) is 7.03. The van der Waals surface area contributed by atoms with Gasteiger partial charge in [0.05, 0.1) is 44.9 Å². The van der Waals surface area contributed by atoms with Crippen LogP contribution in [0.4, 0.5) is 0 Å². The van der Waals surface area contributed by atoms with Crippen LogP contribution >= 0.6 is 22.9 Å². The van der Waals surface area contributed by atoms with Gasteiger partial charge in [0, 0.05) is 38.0 Å². The fraction of sp³-hybridized carbons (Fsp3) is 0. The number of benzene rings is 5. The second-order valence-electron chi connectivity index (χ2n) is 8.78. The lowest BCUT2D eigenvalue weighted by molar-refractivity contribution is 0.669. The highest BCUT2D eigenvalue weighted by Gasteiger charge is 2.19. The molecule has 3 aromatic heterocycles. The lowest BCUT2D eigenvalue weighted by Crippen LogP contribution is -1.93. The average Bonchev–Trinajstić information content (AvgIpc) is 3.52. The van der Waals surface area contributed by atoms with Crippen molar-refractivity contribution in [3.63, 3.8) is 0 Å². The van der Waals surface area contributed by atoms with E-state index in [1.807, 2.05) is 12.1 Å². The first kappa shape index (κ1) is 18.6. The lowest BCUT2D eigenvalue weighted by atomic mass is 10.1. The van der Waals surface area contributed by atoms with Crippen LogP contribution in [0.5, 0.6) is 0 Å². The summed E-state index contributed by atoms with van der Waals surface area (Å²) in [5.74, 6) is 0. The normalized spacial score (nSPS) is 12.3. The number of hydrogen-bond acceptors (Lipinski definition) is 1. The Kier molecular flexibility index (Phi) is 3.64. The van der Waals surface area contributed by atoms with Gasteiger partial charge in [-0.25, -0.2) is 0 Å². The van der Waals surface area contributed by atoms with Gasteiger partial charge in [-0.05, 0) is 48.5 Å². The zero-order valence-electron chi connectivity index (χ0n) is 18.0. The van der Waals surface area contributed by atoms with Gasteiger partial charge in [-0.1, -0.05) is 54.6 Å². The number of hydrogen-bond donors (Lipinski definition) is 0. The smallest absolute Gasteiger partial charge is 0.135 e. The van der Waals surface area contributed by atoms with E-state index in [9.17, 15) is 0 Å². The molecule has 3 nitrogen and oxygen atoms in total. The monoisotopic (exact) mass is 548 g/mol. The molecule has 0 radical (unpaired) electrons. The number of rotatable bonds is 1. The van der Waals surface area contributed by atoms with Crippen molar-refractivity contribution in [2.75, 3.05) is 0 Å². The standard InChI is InChI=1S/C30H17IN2O/c31-33-24-11-5-2-9-21(24)30-26(33)15-14-25-29(30)20-8-1-4-10-23(20)32(25)18-13-16-28-22(17-18)19-7-3-6-12-27(19)34-28/h1-17H.